The second-order valence-electron chi connectivity index (χ2n) is 7.16. The van der Waals surface area contributed by atoms with Crippen LogP contribution in [0, 0.1) is 0 Å². The second kappa shape index (κ2) is 8.19. The molecule has 5 aromatic rings. The van der Waals surface area contributed by atoms with Gasteiger partial charge in [0.25, 0.3) is 10.0 Å². The number of Topliss-reactive ketones (excluding diaryl/α,β-unsaturated/α-hetero) is 1. The van der Waals surface area contributed by atoms with Gasteiger partial charge in [0, 0.05) is 11.3 Å². The van der Waals surface area contributed by atoms with E-state index in [1.807, 2.05) is 6.07 Å². The Morgan fingerprint density at radius 2 is 1.48 bits per heavy atom. The number of para-hydroxylation sites is 2. The number of hydrogen-bond acceptors (Lipinski definition) is 9. The van der Waals surface area contributed by atoms with Crippen LogP contribution in [-0.2, 0) is 10.0 Å². The maximum Gasteiger partial charge on any atom is 0.265 e. The molecule has 2 aromatic heterocycles. The largest absolute Gasteiger partial charge is 0.337 e. The molecule has 0 spiro atoms. The lowest BCUT2D eigenvalue weighted by molar-refractivity contribution is 0.101. The monoisotopic (exact) mass is 476 g/mol. The highest BCUT2D eigenvalue weighted by molar-refractivity contribution is 7.93. The Hall–Kier alpha value is -3.96. The third kappa shape index (κ3) is 4.11. The molecule has 2 N–H and O–H groups in total. The summed E-state index contributed by atoms with van der Waals surface area (Å²) in [7, 11) is -4.04. The number of benzene rings is 3. The standard InChI is InChI=1S/C22H16N6O3S2/c1-13(29)14-9-11-15(12-10-14)23-21-22(25-17-6-3-2-5-16(17)24-21)28-33(30,31)19-8-4-7-18-20(19)27-32-26-18/h2-12H,1H3,(H,23,24)(H,25,28). The van der Waals surface area contributed by atoms with E-state index in [0.717, 1.165) is 11.7 Å². The number of carbonyl (C=O) groups excluding carboxylic acids is 1. The number of rotatable bonds is 6. The fourth-order valence-corrected chi connectivity index (χ4v) is 5.04. The van der Waals surface area contributed by atoms with Crippen molar-refractivity contribution in [2.24, 2.45) is 0 Å². The van der Waals surface area contributed by atoms with Crippen molar-refractivity contribution in [3.63, 3.8) is 0 Å². The molecule has 0 amide bonds. The minimum Gasteiger partial charge on any atom is -0.337 e. The molecular formula is C22H16N6O3S2. The molecule has 11 heteroatoms. The highest BCUT2D eigenvalue weighted by Crippen LogP contribution is 2.29. The fraction of sp³-hybridized carbons (Fsp3) is 0.0455. The summed E-state index contributed by atoms with van der Waals surface area (Å²) < 4.78 is 37.3. The Morgan fingerprint density at radius 1 is 0.818 bits per heavy atom. The number of anilines is 3. The van der Waals surface area contributed by atoms with Crippen molar-refractivity contribution in [2.75, 3.05) is 10.0 Å². The average Bonchev–Trinajstić information content (AvgIpc) is 3.28. The molecule has 0 fully saturated rings. The van der Waals surface area contributed by atoms with Gasteiger partial charge >= 0.3 is 0 Å². The second-order valence-corrected chi connectivity index (χ2v) is 9.34. The minimum atomic E-state index is -4.04. The van der Waals surface area contributed by atoms with Crippen LogP contribution in [0.2, 0.25) is 0 Å². The number of carbonyl (C=O) groups is 1. The molecule has 3 aromatic carbocycles. The van der Waals surface area contributed by atoms with E-state index in [1.54, 1.807) is 54.6 Å². The minimum absolute atomic E-state index is 0.000435. The van der Waals surface area contributed by atoms with Crippen LogP contribution < -0.4 is 10.0 Å². The van der Waals surface area contributed by atoms with E-state index in [-0.39, 0.29) is 27.8 Å². The normalized spacial score (nSPS) is 11.5. The number of nitrogens with one attached hydrogen (secondary N) is 2. The first-order valence-corrected chi connectivity index (χ1v) is 12.0. The van der Waals surface area contributed by atoms with Crippen LogP contribution in [0.4, 0.5) is 17.3 Å². The van der Waals surface area contributed by atoms with E-state index in [2.05, 4.69) is 28.8 Å². The number of nitrogens with zero attached hydrogens (tertiary/aromatic N) is 4. The molecular weight excluding hydrogens is 460 g/mol. The predicted octanol–water partition coefficient (Wildman–Crippen LogP) is 4.38. The van der Waals surface area contributed by atoms with Gasteiger partial charge in [-0.05, 0) is 55.5 Å². The third-order valence-corrected chi connectivity index (χ3v) is 6.81. The van der Waals surface area contributed by atoms with E-state index >= 15 is 0 Å². The van der Waals surface area contributed by atoms with Gasteiger partial charge in [-0.2, -0.15) is 8.75 Å². The van der Waals surface area contributed by atoms with E-state index < -0.39 is 10.0 Å². The zero-order valence-electron chi connectivity index (χ0n) is 17.2. The first kappa shape index (κ1) is 20.9. The third-order valence-electron chi connectivity index (χ3n) is 4.89. The molecule has 0 atom stereocenters. The number of fused-ring (bicyclic) bond motifs is 2. The molecule has 0 aliphatic heterocycles. The zero-order chi connectivity index (χ0) is 23.0. The van der Waals surface area contributed by atoms with Crippen molar-refractivity contribution >= 4 is 66.9 Å². The smallest absolute Gasteiger partial charge is 0.265 e. The fourth-order valence-electron chi connectivity index (χ4n) is 3.26. The molecule has 0 radical (unpaired) electrons. The summed E-state index contributed by atoms with van der Waals surface area (Å²) in [5.41, 5.74) is 3.09. The lowest BCUT2D eigenvalue weighted by Gasteiger charge is -2.14. The van der Waals surface area contributed by atoms with Gasteiger partial charge in [0.2, 0.25) is 0 Å². The highest BCUT2D eigenvalue weighted by Gasteiger charge is 2.23. The number of sulfonamides is 1. The summed E-state index contributed by atoms with van der Waals surface area (Å²) in [6.07, 6.45) is 0. The van der Waals surface area contributed by atoms with Gasteiger partial charge in [-0.25, -0.2) is 18.4 Å². The first-order valence-electron chi connectivity index (χ1n) is 9.80. The van der Waals surface area contributed by atoms with Crippen molar-refractivity contribution in [1.82, 2.24) is 18.7 Å². The highest BCUT2D eigenvalue weighted by atomic mass is 32.2. The average molecular weight is 477 g/mol. The summed E-state index contributed by atoms with van der Waals surface area (Å²) in [6, 6.07) is 18.7. The molecule has 0 bridgehead atoms. The van der Waals surface area contributed by atoms with Gasteiger partial charge in [0.15, 0.2) is 17.4 Å². The summed E-state index contributed by atoms with van der Waals surface area (Å²) in [6.45, 7) is 1.49. The van der Waals surface area contributed by atoms with E-state index in [4.69, 9.17) is 0 Å². The molecule has 5 rings (SSSR count). The van der Waals surface area contributed by atoms with E-state index in [0.29, 0.717) is 27.8 Å². The Labute approximate surface area is 192 Å². The summed E-state index contributed by atoms with van der Waals surface area (Å²) in [4.78, 5) is 20.6. The molecule has 0 unspecified atom stereocenters. The lowest BCUT2D eigenvalue weighted by Crippen LogP contribution is -2.16. The van der Waals surface area contributed by atoms with E-state index in [1.165, 1.54) is 13.0 Å². The van der Waals surface area contributed by atoms with E-state index in [9.17, 15) is 13.2 Å². The van der Waals surface area contributed by atoms with Gasteiger partial charge in [-0.15, -0.1) is 0 Å². The molecule has 33 heavy (non-hydrogen) atoms. The van der Waals surface area contributed by atoms with Gasteiger partial charge < -0.3 is 5.32 Å². The Kier molecular flexibility index (Phi) is 5.19. The summed E-state index contributed by atoms with van der Waals surface area (Å²) in [5.74, 6) is 0.201. The lowest BCUT2D eigenvalue weighted by atomic mass is 10.1. The maximum absolute atomic E-state index is 13.3. The van der Waals surface area contributed by atoms with Gasteiger partial charge in [-0.3, -0.25) is 9.52 Å². The van der Waals surface area contributed by atoms with Crippen molar-refractivity contribution < 1.29 is 13.2 Å². The molecule has 9 nitrogen and oxygen atoms in total. The number of hydrogen-bond donors (Lipinski definition) is 2. The van der Waals surface area contributed by atoms with Gasteiger partial charge in [0.1, 0.15) is 15.9 Å². The van der Waals surface area contributed by atoms with Crippen LogP contribution in [0.1, 0.15) is 17.3 Å². The molecule has 0 saturated heterocycles. The van der Waals surface area contributed by atoms with Crippen LogP contribution in [0.5, 0.6) is 0 Å². The summed E-state index contributed by atoms with van der Waals surface area (Å²) >= 11 is 0.943. The predicted molar refractivity (Wildman–Crippen MR) is 127 cm³/mol. The quantitative estimate of drug-likeness (QED) is 0.346. The maximum atomic E-state index is 13.3. The van der Waals surface area contributed by atoms with Crippen LogP contribution in [0.25, 0.3) is 22.1 Å². The first-order chi connectivity index (χ1) is 15.9. The molecule has 164 valence electrons. The van der Waals surface area contributed by atoms with Gasteiger partial charge in [0.05, 0.1) is 22.8 Å². The summed E-state index contributed by atoms with van der Waals surface area (Å²) in [5, 5.41) is 3.10. The van der Waals surface area contributed by atoms with Crippen LogP contribution >= 0.6 is 11.7 Å². The van der Waals surface area contributed by atoms with Crippen LogP contribution in [0.3, 0.4) is 0 Å². The molecule has 0 aliphatic carbocycles. The van der Waals surface area contributed by atoms with Gasteiger partial charge in [-0.1, -0.05) is 18.2 Å². The Morgan fingerprint density at radius 3 is 2.18 bits per heavy atom. The molecule has 0 aliphatic rings. The van der Waals surface area contributed by atoms with Crippen LogP contribution in [0.15, 0.2) is 71.6 Å². The van der Waals surface area contributed by atoms with Crippen molar-refractivity contribution in [2.45, 2.75) is 11.8 Å². The Balaban J connectivity index is 1.58. The SMILES string of the molecule is CC(=O)c1ccc(Nc2nc3ccccc3nc2NS(=O)(=O)c2cccc3nsnc23)cc1. The molecule has 0 saturated carbocycles. The number of ketones is 1. The van der Waals surface area contributed by atoms with Crippen molar-refractivity contribution in [3.05, 3.63) is 72.3 Å². The van der Waals surface area contributed by atoms with Crippen molar-refractivity contribution in [1.29, 1.82) is 0 Å². The number of aromatic nitrogens is 4. The molecule has 2 heterocycles. The Bertz CT molecular complexity index is 1610. The van der Waals surface area contributed by atoms with Crippen LogP contribution in [-0.4, -0.2) is 32.9 Å². The van der Waals surface area contributed by atoms with Crippen molar-refractivity contribution in [3.8, 4) is 0 Å². The topological polar surface area (TPSA) is 127 Å². The zero-order valence-corrected chi connectivity index (χ0v) is 18.8.